The Morgan fingerprint density at radius 2 is 2.09 bits per heavy atom. The van der Waals surface area contributed by atoms with Gasteiger partial charge in [0.05, 0.1) is 18.8 Å². The Morgan fingerprint density at radius 1 is 1.36 bits per heavy atom. The van der Waals surface area contributed by atoms with Crippen molar-refractivity contribution in [2.45, 2.75) is 25.9 Å². The summed E-state index contributed by atoms with van der Waals surface area (Å²) in [5.41, 5.74) is 3.79. The number of halogens is 1. The number of carbonyl (C=O) groups is 3. The topological polar surface area (TPSA) is 91.3 Å². The number of hydrogen-bond donors (Lipinski definition) is 1. The van der Waals surface area contributed by atoms with Crippen LogP contribution in [0.5, 0.6) is 0 Å². The number of rotatable bonds is 6. The average Bonchev–Trinajstić information content (AvgIpc) is 3.04. The molecule has 3 rings (SSSR count). The molecular weight excluding hydrogens is 427 g/mol. The van der Waals surface area contributed by atoms with Crippen LogP contribution in [0.15, 0.2) is 70.4 Å². The van der Waals surface area contributed by atoms with Crippen molar-refractivity contribution < 1.29 is 23.5 Å². The number of hydrogen-bond acceptors (Lipinski definition) is 5. The summed E-state index contributed by atoms with van der Waals surface area (Å²) in [6.45, 7) is 6.89. The van der Waals surface area contributed by atoms with Crippen molar-refractivity contribution in [2.75, 3.05) is 33.2 Å². The normalized spacial score (nSPS) is 21.5. The Bertz CT molecular complexity index is 1040. The van der Waals surface area contributed by atoms with E-state index in [1.807, 2.05) is 4.90 Å². The van der Waals surface area contributed by atoms with Crippen molar-refractivity contribution in [3.63, 3.8) is 0 Å². The molecule has 174 valence electrons. The Hall–Kier alpha value is -3.71. The molecule has 1 atom stereocenters. The van der Waals surface area contributed by atoms with Gasteiger partial charge < -0.3 is 15.0 Å². The van der Waals surface area contributed by atoms with Crippen molar-refractivity contribution in [2.24, 2.45) is 4.99 Å². The van der Waals surface area contributed by atoms with Crippen LogP contribution in [0.4, 0.5) is 9.18 Å². The van der Waals surface area contributed by atoms with E-state index in [4.69, 9.17) is 4.74 Å². The minimum absolute atomic E-state index is 0.171. The number of likely N-dealkylation sites (tertiary alicyclic amines) is 1. The van der Waals surface area contributed by atoms with Crippen LogP contribution in [-0.2, 0) is 14.3 Å². The van der Waals surface area contributed by atoms with Crippen molar-refractivity contribution in [3.05, 3.63) is 65.4 Å². The van der Waals surface area contributed by atoms with Crippen LogP contribution in [0, 0.1) is 0 Å². The molecule has 2 amide bonds. The molecule has 2 saturated heterocycles. The summed E-state index contributed by atoms with van der Waals surface area (Å²) in [6.07, 6.45) is 7.50. The second-order valence-electron chi connectivity index (χ2n) is 7.79. The lowest BCUT2D eigenvalue weighted by atomic mass is 10.0. The SMILES string of the molecule is C=C(/C=C\C(=NC)N1CCC(=O)CC1)C1=CC=C=C(N2CC(CNC(C)=O)OC2=O)C=C1F. The highest BCUT2D eigenvalue weighted by molar-refractivity contribution is 5.94. The Labute approximate surface area is 192 Å². The lowest BCUT2D eigenvalue weighted by molar-refractivity contribution is -0.121. The van der Waals surface area contributed by atoms with Crippen molar-refractivity contribution >= 4 is 23.6 Å². The summed E-state index contributed by atoms with van der Waals surface area (Å²) in [5.74, 6) is 0.137. The molecule has 0 spiro atoms. The molecule has 0 aromatic rings. The minimum atomic E-state index is -0.628. The molecule has 9 heteroatoms. The molecule has 2 aliphatic heterocycles. The first-order chi connectivity index (χ1) is 15.8. The molecule has 0 radical (unpaired) electrons. The van der Waals surface area contributed by atoms with Crippen LogP contribution in [0.3, 0.4) is 0 Å². The van der Waals surface area contributed by atoms with Gasteiger partial charge in [-0.05, 0) is 23.8 Å². The highest BCUT2D eigenvalue weighted by Gasteiger charge is 2.33. The van der Waals surface area contributed by atoms with E-state index in [2.05, 4.69) is 22.6 Å². The fourth-order valence-electron chi connectivity index (χ4n) is 3.60. The van der Waals surface area contributed by atoms with E-state index in [-0.39, 0.29) is 36.1 Å². The molecule has 0 aromatic carbocycles. The van der Waals surface area contributed by atoms with Crippen molar-refractivity contribution in [1.29, 1.82) is 0 Å². The molecule has 0 aromatic heterocycles. The quantitative estimate of drug-likeness (QED) is 0.288. The summed E-state index contributed by atoms with van der Waals surface area (Å²) in [6, 6.07) is 0. The van der Waals surface area contributed by atoms with Gasteiger partial charge in [0, 0.05) is 51.6 Å². The lowest BCUT2D eigenvalue weighted by Crippen LogP contribution is -2.37. The average molecular weight is 455 g/mol. The van der Waals surface area contributed by atoms with Crippen LogP contribution >= 0.6 is 0 Å². The second kappa shape index (κ2) is 10.7. The number of allylic oxidation sites excluding steroid dienone is 6. The summed E-state index contributed by atoms with van der Waals surface area (Å²) >= 11 is 0. The van der Waals surface area contributed by atoms with Gasteiger partial charge in [-0.2, -0.15) is 0 Å². The zero-order chi connectivity index (χ0) is 24.0. The number of aliphatic imine (C=N–C) groups is 1. The summed E-state index contributed by atoms with van der Waals surface area (Å²) in [4.78, 5) is 42.3. The zero-order valence-corrected chi connectivity index (χ0v) is 18.8. The highest BCUT2D eigenvalue weighted by atomic mass is 19.1. The molecule has 8 nitrogen and oxygen atoms in total. The number of carbonyl (C=O) groups excluding carboxylic acids is 3. The third-order valence-electron chi connectivity index (χ3n) is 5.40. The molecule has 1 unspecified atom stereocenters. The third-order valence-corrected chi connectivity index (χ3v) is 5.40. The van der Waals surface area contributed by atoms with Gasteiger partial charge in [-0.1, -0.05) is 18.4 Å². The standard InChI is InChI=1S/C24H27FN4O4/c1-16(7-8-23(26-3)28-11-9-19(31)10-12-28)21-6-4-5-18(13-22(21)25)29-15-20(33-24(29)32)14-27-17(2)30/h4,6-8,13,20H,1,9-12,14-15H2,2-3H3,(H,27,30)/b8-7-,26-23?. The number of amides is 2. The number of nitrogens with one attached hydrogen (secondary N) is 1. The maximum absolute atomic E-state index is 15.0. The van der Waals surface area contributed by atoms with Gasteiger partial charge in [0.2, 0.25) is 5.91 Å². The van der Waals surface area contributed by atoms with Gasteiger partial charge in [-0.25, -0.2) is 9.18 Å². The maximum Gasteiger partial charge on any atom is 0.415 e. The van der Waals surface area contributed by atoms with Gasteiger partial charge in [0.25, 0.3) is 0 Å². The van der Waals surface area contributed by atoms with Crippen LogP contribution in [0.1, 0.15) is 19.8 Å². The first-order valence-electron chi connectivity index (χ1n) is 10.7. The fourth-order valence-corrected chi connectivity index (χ4v) is 3.60. The number of amidine groups is 1. The number of ether oxygens (including phenoxy) is 1. The van der Waals surface area contributed by atoms with Gasteiger partial charge in [0.15, 0.2) is 0 Å². The van der Waals surface area contributed by atoms with Crippen LogP contribution in [0.2, 0.25) is 0 Å². The molecule has 1 N–H and O–H groups in total. The summed E-state index contributed by atoms with van der Waals surface area (Å²) in [7, 11) is 1.66. The van der Waals surface area contributed by atoms with E-state index in [0.717, 1.165) is 0 Å². The van der Waals surface area contributed by atoms with Crippen LogP contribution in [-0.4, -0.2) is 72.7 Å². The Morgan fingerprint density at radius 3 is 2.76 bits per heavy atom. The van der Waals surface area contributed by atoms with E-state index in [9.17, 15) is 14.4 Å². The molecule has 3 aliphatic rings. The Kier molecular flexibility index (Phi) is 7.79. The molecule has 0 saturated carbocycles. The van der Waals surface area contributed by atoms with Crippen LogP contribution < -0.4 is 5.32 Å². The maximum atomic E-state index is 15.0. The summed E-state index contributed by atoms with van der Waals surface area (Å²) < 4.78 is 20.3. The predicted molar refractivity (Wildman–Crippen MR) is 122 cm³/mol. The molecule has 1 aliphatic carbocycles. The number of Topliss-reactive ketones (excluding diaryl/α,β-unsaturated/α-hetero) is 1. The largest absolute Gasteiger partial charge is 0.442 e. The smallest absolute Gasteiger partial charge is 0.415 e. The Balaban J connectivity index is 1.66. The molecule has 33 heavy (non-hydrogen) atoms. The monoisotopic (exact) mass is 454 g/mol. The molecule has 2 heterocycles. The minimum Gasteiger partial charge on any atom is -0.442 e. The first kappa shape index (κ1) is 23.9. The first-order valence-corrected chi connectivity index (χ1v) is 10.7. The van der Waals surface area contributed by atoms with Gasteiger partial charge >= 0.3 is 6.09 Å². The van der Waals surface area contributed by atoms with Crippen molar-refractivity contribution in [3.8, 4) is 0 Å². The van der Waals surface area contributed by atoms with E-state index >= 15 is 4.39 Å². The third kappa shape index (κ3) is 6.17. The zero-order valence-electron chi connectivity index (χ0n) is 18.8. The fraction of sp³-hybridized carbons (Fsp3) is 0.375. The van der Waals surface area contributed by atoms with E-state index in [1.165, 1.54) is 30.1 Å². The van der Waals surface area contributed by atoms with E-state index in [0.29, 0.717) is 37.3 Å². The van der Waals surface area contributed by atoms with Gasteiger partial charge in [-0.15, -0.1) is 0 Å². The number of ketones is 1. The number of piperidine rings is 1. The predicted octanol–water partition coefficient (Wildman–Crippen LogP) is 2.58. The van der Waals surface area contributed by atoms with Crippen molar-refractivity contribution in [1.82, 2.24) is 15.1 Å². The summed E-state index contributed by atoms with van der Waals surface area (Å²) in [5, 5.41) is 2.60. The van der Waals surface area contributed by atoms with E-state index in [1.54, 1.807) is 19.2 Å². The second-order valence-corrected chi connectivity index (χ2v) is 7.79. The number of nitrogens with zero attached hydrogens (tertiary/aromatic N) is 3. The van der Waals surface area contributed by atoms with E-state index < -0.39 is 18.0 Å². The van der Waals surface area contributed by atoms with Crippen LogP contribution in [0.25, 0.3) is 0 Å². The number of cyclic esters (lactones) is 1. The molecule has 0 bridgehead atoms. The lowest BCUT2D eigenvalue weighted by Gasteiger charge is -2.27. The molecular formula is C24H27FN4O4. The highest BCUT2D eigenvalue weighted by Crippen LogP contribution is 2.27. The molecule has 2 fully saturated rings. The van der Waals surface area contributed by atoms with Gasteiger partial charge in [0.1, 0.15) is 23.5 Å². The van der Waals surface area contributed by atoms with Gasteiger partial charge in [-0.3, -0.25) is 19.5 Å².